The fourth-order valence-electron chi connectivity index (χ4n) is 2.46. The molecule has 19 heavy (non-hydrogen) atoms. The van der Waals surface area contributed by atoms with Crippen molar-refractivity contribution in [2.45, 2.75) is 26.2 Å². The van der Waals surface area contributed by atoms with E-state index in [-0.39, 0.29) is 0 Å². The SMILES string of the molecule is COc1ccc([C@H](CC(C)C)c2ccccc2)cc1. The normalized spacial score (nSPS) is 12.4. The maximum atomic E-state index is 5.24. The lowest BCUT2D eigenvalue weighted by Gasteiger charge is -2.20. The van der Waals surface area contributed by atoms with Gasteiger partial charge in [-0.1, -0.05) is 56.3 Å². The molecule has 0 fully saturated rings. The molecule has 0 aromatic heterocycles. The predicted molar refractivity (Wildman–Crippen MR) is 80.7 cm³/mol. The third kappa shape index (κ3) is 3.60. The van der Waals surface area contributed by atoms with Crippen molar-refractivity contribution in [1.29, 1.82) is 0 Å². The van der Waals surface area contributed by atoms with E-state index in [0.717, 1.165) is 12.2 Å². The molecule has 0 N–H and O–H groups in total. The Morgan fingerprint density at radius 1 is 0.842 bits per heavy atom. The van der Waals surface area contributed by atoms with Gasteiger partial charge in [0.1, 0.15) is 5.75 Å². The van der Waals surface area contributed by atoms with E-state index >= 15 is 0 Å². The molecule has 100 valence electrons. The van der Waals surface area contributed by atoms with Gasteiger partial charge in [-0.05, 0) is 35.6 Å². The van der Waals surface area contributed by atoms with Crippen LogP contribution in [-0.2, 0) is 0 Å². The summed E-state index contributed by atoms with van der Waals surface area (Å²) in [6, 6.07) is 19.2. The Hall–Kier alpha value is -1.76. The van der Waals surface area contributed by atoms with E-state index in [1.807, 2.05) is 12.1 Å². The molecule has 0 heterocycles. The average molecular weight is 254 g/mol. The van der Waals surface area contributed by atoms with Crippen molar-refractivity contribution >= 4 is 0 Å². The second-order valence-corrected chi connectivity index (χ2v) is 5.37. The lowest BCUT2D eigenvalue weighted by molar-refractivity contribution is 0.414. The summed E-state index contributed by atoms with van der Waals surface area (Å²) >= 11 is 0. The van der Waals surface area contributed by atoms with Gasteiger partial charge in [0.2, 0.25) is 0 Å². The Morgan fingerprint density at radius 3 is 1.95 bits per heavy atom. The van der Waals surface area contributed by atoms with Crippen LogP contribution in [0.5, 0.6) is 5.75 Å². The van der Waals surface area contributed by atoms with Crippen LogP contribution in [0.2, 0.25) is 0 Å². The lowest BCUT2D eigenvalue weighted by atomic mass is 9.85. The van der Waals surface area contributed by atoms with Crippen molar-refractivity contribution in [1.82, 2.24) is 0 Å². The van der Waals surface area contributed by atoms with Crippen molar-refractivity contribution in [2.24, 2.45) is 5.92 Å². The molecule has 0 amide bonds. The third-order valence-electron chi connectivity index (χ3n) is 3.43. The van der Waals surface area contributed by atoms with Gasteiger partial charge in [-0.25, -0.2) is 0 Å². The monoisotopic (exact) mass is 254 g/mol. The van der Waals surface area contributed by atoms with Gasteiger partial charge in [-0.2, -0.15) is 0 Å². The second kappa shape index (κ2) is 6.42. The molecule has 2 aromatic carbocycles. The highest BCUT2D eigenvalue weighted by atomic mass is 16.5. The van der Waals surface area contributed by atoms with Crippen molar-refractivity contribution in [2.75, 3.05) is 7.11 Å². The van der Waals surface area contributed by atoms with E-state index in [2.05, 4.69) is 56.3 Å². The van der Waals surface area contributed by atoms with Crippen LogP contribution in [0.4, 0.5) is 0 Å². The molecule has 0 radical (unpaired) electrons. The Morgan fingerprint density at radius 2 is 1.42 bits per heavy atom. The molecule has 0 bridgehead atoms. The van der Waals surface area contributed by atoms with Crippen LogP contribution in [0.1, 0.15) is 37.3 Å². The first-order valence-corrected chi connectivity index (χ1v) is 6.89. The highest BCUT2D eigenvalue weighted by Gasteiger charge is 2.15. The number of ether oxygens (including phenoxy) is 1. The average Bonchev–Trinajstić information content (AvgIpc) is 2.46. The summed E-state index contributed by atoms with van der Waals surface area (Å²) in [5, 5.41) is 0. The zero-order valence-corrected chi connectivity index (χ0v) is 12.0. The van der Waals surface area contributed by atoms with Crippen LogP contribution in [0.3, 0.4) is 0 Å². The summed E-state index contributed by atoms with van der Waals surface area (Å²) in [5.41, 5.74) is 2.75. The molecular formula is C18H22O. The maximum absolute atomic E-state index is 5.24. The first-order valence-electron chi connectivity index (χ1n) is 6.89. The van der Waals surface area contributed by atoms with E-state index in [0.29, 0.717) is 11.8 Å². The molecule has 0 aliphatic rings. The molecule has 0 saturated heterocycles. The van der Waals surface area contributed by atoms with Crippen LogP contribution < -0.4 is 4.74 Å². The van der Waals surface area contributed by atoms with E-state index < -0.39 is 0 Å². The van der Waals surface area contributed by atoms with Crippen molar-refractivity contribution in [3.63, 3.8) is 0 Å². The topological polar surface area (TPSA) is 9.23 Å². The van der Waals surface area contributed by atoms with Crippen molar-refractivity contribution in [3.8, 4) is 5.75 Å². The largest absolute Gasteiger partial charge is 0.497 e. The minimum Gasteiger partial charge on any atom is -0.497 e. The minimum atomic E-state index is 0.465. The van der Waals surface area contributed by atoms with E-state index in [4.69, 9.17) is 4.74 Å². The van der Waals surface area contributed by atoms with Crippen LogP contribution in [0, 0.1) is 5.92 Å². The molecule has 1 nitrogen and oxygen atoms in total. The number of hydrogen-bond acceptors (Lipinski definition) is 1. The van der Waals surface area contributed by atoms with Crippen LogP contribution in [0.15, 0.2) is 54.6 Å². The van der Waals surface area contributed by atoms with Gasteiger partial charge < -0.3 is 4.74 Å². The smallest absolute Gasteiger partial charge is 0.118 e. The molecule has 0 spiro atoms. The Balaban J connectivity index is 2.31. The van der Waals surface area contributed by atoms with E-state index in [1.54, 1.807) is 7.11 Å². The number of methoxy groups -OCH3 is 1. The number of benzene rings is 2. The Kier molecular flexibility index (Phi) is 4.62. The van der Waals surface area contributed by atoms with Gasteiger partial charge in [0.05, 0.1) is 7.11 Å². The summed E-state index contributed by atoms with van der Waals surface area (Å²) in [6.07, 6.45) is 1.16. The highest BCUT2D eigenvalue weighted by Crippen LogP contribution is 2.31. The molecule has 0 unspecified atom stereocenters. The number of rotatable bonds is 5. The molecule has 2 aromatic rings. The summed E-state index contributed by atoms with van der Waals surface area (Å²) < 4.78 is 5.24. The predicted octanol–water partition coefficient (Wildman–Crippen LogP) is 4.87. The first-order chi connectivity index (χ1) is 9.20. The van der Waals surface area contributed by atoms with E-state index in [9.17, 15) is 0 Å². The zero-order valence-electron chi connectivity index (χ0n) is 12.0. The molecule has 1 heteroatoms. The summed E-state index contributed by atoms with van der Waals surface area (Å²) in [5.74, 6) is 2.06. The number of hydrogen-bond donors (Lipinski definition) is 0. The van der Waals surface area contributed by atoms with Crippen LogP contribution in [-0.4, -0.2) is 7.11 Å². The van der Waals surface area contributed by atoms with Crippen LogP contribution in [0.25, 0.3) is 0 Å². The molecule has 1 atom stereocenters. The van der Waals surface area contributed by atoms with Crippen LogP contribution >= 0.6 is 0 Å². The van der Waals surface area contributed by atoms with Crippen molar-refractivity contribution < 1.29 is 4.74 Å². The van der Waals surface area contributed by atoms with Crippen molar-refractivity contribution in [3.05, 3.63) is 65.7 Å². The molecular weight excluding hydrogens is 232 g/mol. The molecule has 0 saturated carbocycles. The lowest BCUT2D eigenvalue weighted by Crippen LogP contribution is -2.05. The molecule has 0 aliphatic carbocycles. The Bertz CT molecular complexity index is 485. The first kappa shape index (κ1) is 13.7. The summed E-state index contributed by atoms with van der Waals surface area (Å²) in [6.45, 7) is 4.55. The third-order valence-corrected chi connectivity index (χ3v) is 3.43. The summed E-state index contributed by atoms with van der Waals surface area (Å²) in [7, 11) is 1.71. The Labute approximate surface area is 116 Å². The standard InChI is InChI=1S/C18H22O/c1-14(2)13-18(15-7-5-4-6-8-15)16-9-11-17(19-3)12-10-16/h4-12,14,18H,13H2,1-3H3/t18-/m1/s1. The fraction of sp³-hybridized carbons (Fsp3) is 0.333. The zero-order chi connectivity index (χ0) is 13.7. The quantitative estimate of drug-likeness (QED) is 0.739. The van der Waals surface area contributed by atoms with Gasteiger partial charge >= 0.3 is 0 Å². The highest BCUT2D eigenvalue weighted by molar-refractivity contribution is 5.36. The van der Waals surface area contributed by atoms with E-state index in [1.165, 1.54) is 11.1 Å². The van der Waals surface area contributed by atoms with Gasteiger partial charge in [-0.15, -0.1) is 0 Å². The summed E-state index contributed by atoms with van der Waals surface area (Å²) in [4.78, 5) is 0. The van der Waals surface area contributed by atoms with Gasteiger partial charge in [-0.3, -0.25) is 0 Å². The maximum Gasteiger partial charge on any atom is 0.118 e. The van der Waals surface area contributed by atoms with Gasteiger partial charge in [0.15, 0.2) is 0 Å². The molecule has 2 rings (SSSR count). The minimum absolute atomic E-state index is 0.465. The van der Waals surface area contributed by atoms with Gasteiger partial charge in [0.25, 0.3) is 0 Å². The van der Waals surface area contributed by atoms with Gasteiger partial charge in [0, 0.05) is 5.92 Å². The fourth-order valence-corrected chi connectivity index (χ4v) is 2.46. The molecule has 0 aliphatic heterocycles. The second-order valence-electron chi connectivity index (χ2n) is 5.37.